The molecule has 15 heavy (non-hydrogen) atoms. The molecule has 0 heterocycles. The lowest BCUT2D eigenvalue weighted by Gasteiger charge is -2.07. The third-order valence-electron chi connectivity index (χ3n) is 3.73. The molecule has 3 aliphatic carbocycles. The Morgan fingerprint density at radius 1 is 0.867 bits per heavy atom. The minimum atomic E-state index is 1.13. The van der Waals surface area contributed by atoms with Crippen LogP contribution < -0.4 is 0 Å². The van der Waals surface area contributed by atoms with Gasteiger partial charge in [0.1, 0.15) is 0 Å². The first-order chi connectivity index (χ1) is 7.42. The molecular weight excluding hydrogens is 180 g/mol. The van der Waals surface area contributed by atoms with Crippen molar-refractivity contribution in [3.8, 4) is 0 Å². The highest BCUT2D eigenvalue weighted by Crippen LogP contribution is 2.41. The zero-order valence-corrected chi connectivity index (χ0v) is 8.59. The molecule has 0 spiro atoms. The Morgan fingerprint density at radius 2 is 1.80 bits per heavy atom. The zero-order valence-electron chi connectivity index (χ0n) is 8.59. The molecule has 0 amide bonds. The van der Waals surface area contributed by atoms with E-state index < -0.39 is 0 Å². The summed E-state index contributed by atoms with van der Waals surface area (Å²) in [5.74, 6) is 0. The average Bonchev–Trinajstić information content (AvgIpc) is 2.86. The van der Waals surface area contributed by atoms with Crippen LogP contribution in [0.5, 0.6) is 0 Å². The highest BCUT2D eigenvalue weighted by Gasteiger charge is 2.23. The SMILES string of the molecule is C1=CC2=C(C1)c1cc3c(cc1C2)CC=C3. The second kappa shape index (κ2) is 2.52. The van der Waals surface area contributed by atoms with Gasteiger partial charge in [-0.1, -0.05) is 30.4 Å². The molecule has 1 aromatic carbocycles. The van der Waals surface area contributed by atoms with E-state index in [0.717, 1.165) is 19.3 Å². The van der Waals surface area contributed by atoms with E-state index in [2.05, 4.69) is 36.4 Å². The van der Waals surface area contributed by atoms with Crippen molar-refractivity contribution < 1.29 is 0 Å². The van der Waals surface area contributed by atoms with E-state index in [1.165, 1.54) is 16.7 Å². The lowest BCUT2D eigenvalue weighted by atomic mass is 9.98. The second-order valence-electron chi connectivity index (χ2n) is 4.60. The molecule has 0 saturated carbocycles. The number of rotatable bonds is 0. The molecular formula is C15H12. The first kappa shape index (κ1) is 7.70. The predicted octanol–water partition coefficient (Wildman–Crippen LogP) is 3.53. The molecule has 1 aromatic rings. The van der Waals surface area contributed by atoms with Gasteiger partial charge in [-0.3, -0.25) is 0 Å². The monoisotopic (exact) mass is 192 g/mol. The summed E-state index contributed by atoms with van der Waals surface area (Å²) in [4.78, 5) is 0. The van der Waals surface area contributed by atoms with Crippen molar-refractivity contribution in [2.45, 2.75) is 19.3 Å². The summed E-state index contributed by atoms with van der Waals surface area (Å²) in [6.07, 6.45) is 12.5. The molecule has 0 aromatic heterocycles. The lowest BCUT2D eigenvalue weighted by Crippen LogP contribution is -1.90. The fraction of sp³-hybridized carbons (Fsp3) is 0.200. The molecule has 0 heteroatoms. The largest absolute Gasteiger partial charge is 0.0798 e. The topological polar surface area (TPSA) is 0 Å². The Labute approximate surface area is 89.6 Å². The van der Waals surface area contributed by atoms with Crippen molar-refractivity contribution in [3.63, 3.8) is 0 Å². The van der Waals surface area contributed by atoms with Crippen LogP contribution in [0.4, 0.5) is 0 Å². The van der Waals surface area contributed by atoms with E-state index in [1.807, 2.05) is 0 Å². The van der Waals surface area contributed by atoms with Crippen LogP contribution in [0.2, 0.25) is 0 Å². The molecule has 0 bridgehead atoms. The van der Waals surface area contributed by atoms with Crippen molar-refractivity contribution in [3.05, 3.63) is 58.2 Å². The van der Waals surface area contributed by atoms with Gasteiger partial charge in [-0.05, 0) is 58.7 Å². The van der Waals surface area contributed by atoms with Crippen molar-refractivity contribution in [2.24, 2.45) is 0 Å². The van der Waals surface area contributed by atoms with E-state index >= 15 is 0 Å². The van der Waals surface area contributed by atoms with E-state index in [9.17, 15) is 0 Å². The van der Waals surface area contributed by atoms with Gasteiger partial charge in [0.2, 0.25) is 0 Å². The van der Waals surface area contributed by atoms with Crippen molar-refractivity contribution in [2.75, 3.05) is 0 Å². The van der Waals surface area contributed by atoms with Crippen LogP contribution in [0.15, 0.2) is 35.9 Å². The summed E-state index contributed by atoms with van der Waals surface area (Å²) in [6.45, 7) is 0. The lowest BCUT2D eigenvalue weighted by molar-refractivity contribution is 1.20. The summed E-state index contributed by atoms with van der Waals surface area (Å²) >= 11 is 0. The van der Waals surface area contributed by atoms with Crippen LogP contribution in [0.25, 0.3) is 11.6 Å². The quantitative estimate of drug-likeness (QED) is 0.590. The van der Waals surface area contributed by atoms with Gasteiger partial charge in [-0.25, -0.2) is 0 Å². The number of allylic oxidation sites excluding steroid dienone is 5. The number of benzene rings is 1. The maximum Gasteiger partial charge on any atom is -0.00167 e. The Hall–Kier alpha value is -1.56. The minimum absolute atomic E-state index is 1.13. The fourth-order valence-corrected chi connectivity index (χ4v) is 2.99. The van der Waals surface area contributed by atoms with Crippen LogP contribution in [-0.4, -0.2) is 0 Å². The Balaban J connectivity index is 1.95. The van der Waals surface area contributed by atoms with Crippen molar-refractivity contribution >= 4 is 11.6 Å². The van der Waals surface area contributed by atoms with E-state index in [1.54, 1.807) is 16.7 Å². The highest BCUT2D eigenvalue weighted by atomic mass is 14.3. The predicted molar refractivity (Wildman–Crippen MR) is 63.6 cm³/mol. The molecule has 0 saturated heterocycles. The van der Waals surface area contributed by atoms with Gasteiger partial charge in [-0.2, -0.15) is 0 Å². The van der Waals surface area contributed by atoms with Gasteiger partial charge >= 0.3 is 0 Å². The number of hydrogen-bond acceptors (Lipinski definition) is 0. The van der Waals surface area contributed by atoms with Crippen LogP contribution in [0.3, 0.4) is 0 Å². The van der Waals surface area contributed by atoms with Gasteiger partial charge in [0.25, 0.3) is 0 Å². The molecule has 4 rings (SSSR count). The molecule has 0 atom stereocenters. The van der Waals surface area contributed by atoms with E-state index in [0.29, 0.717) is 0 Å². The molecule has 0 unspecified atom stereocenters. The van der Waals surface area contributed by atoms with Gasteiger partial charge in [-0.15, -0.1) is 0 Å². The van der Waals surface area contributed by atoms with Crippen LogP contribution in [0.1, 0.15) is 28.7 Å². The molecule has 0 N–H and O–H groups in total. The van der Waals surface area contributed by atoms with Gasteiger partial charge < -0.3 is 0 Å². The standard InChI is InChI=1S/C15H12/c1-3-10-7-13-8-12-5-2-6-14(12)15(13)9-11(10)4-1/h1-2,4-5,7,9H,3,6,8H2. The molecule has 0 radical (unpaired) electrons. The minimum Gasteiger partial charge on any atom is -0.0798 e. The first-order valence-corrected chi connectivity index (χ1v) is 5.63. The molecule has 0 nitrogen and oxygen atoms in total. The summed E-state index contributed by atoms with van der Waals surface area (Å²) in [6, 6.07) is 4.81. The van der Waals surface area contributed by atoms with Gasteiger partial charge in [0.05, 0.1) is 0 Å². The van der Waals surface area contributed by atoms with Crippen LogP contribution in [0, 0.1) is 0 Å². The highest BCUT2D eigenvalue weighted by molar-refractivity contribution is 5.83. The summed E-state index contributed by atoms with van der Waals surface area (Å²) in [5.41, 5.74) is 9.14. The third kappa shape index (κ3) is 0.918. The van der Waals surface area contributed by atoms with Gasteiger partial charge in [0, 0.05) is 0 Å². The fourth-order valence-electron chi connectivity index (χ4n) is 2.99. The first-order valence-electron chi connectivity index (χ1n) is 5.63. The summed E-state index contributed by atoms with van der Waals surface area (Å²) in [7, 11) is 0. The van der Waals surface area contributed by atoms with Crippen LogP contribution in [-0.2, 0) is 12.8 Å². The third-order valence-corrected chi connectivity index (χ3v) is 3.73. The Morgan fingerprint density at radius 3 is 2.80 bits per heavy atom. The van der Waals surface area contributed by atoms with E-state index in [-0.39, 0.29) is 0 Å². The number of fused-ring (bicyclic) bond motifs is 3. The van der Waals surface area contributed by atoms with Gasteiger partial charge in [0.15, 0.2) is 0 Å². The maximum atomic E-state index is 2.41. The summed E-state index contributed by atoms with van der Waals surface area (Å²) in [5, 5.41) is 0. The number of hydrogen-bond donors (Lipinski definition) is 0. The second-order valence-corrected chi connectivity index (χ2v) is 4.60. The van der Waals surface area contributed by atoms with Crippen molar-refractivity contribution in [1.82, 2.24) is 0 Å². The molecule has 0 aliphatic heterocycles. The van der Waals surface area contributed by atoms with Crippen LogP contribution >= 0.6 is 0 Å². The Bertz CT molecular complexity index is 554. The smallest absolute Gasteiger partial charge is 0.00167 e. The maximum absolute atomic E-state index is 2.41. The normalized spacial score (nSPS) is 19.7. The average molecular weight is 192 g/mol. The van der Waals surface area contributed by atoms with Crippen molar-refractivity contribution in [1.29, 1.82) is 0 Å². The molecule has 3 aliphatic rings. The van der Waals surface area contributed by atoms with E-state index in [4.69, 9.17) is 0 Å². The molecule has 72 valence electrons. The molecule has 0 fully saturated rings. The Kier molecular flexibility index (Phi) is 1.29. The zero-order chi connectivity index (χ0) is 9.83. The summed E-state index contributed by atoms with van der Waals surface area (Å²) < 4.78 is 0.